The second-order valence-electron chi connectivity index (χ2n) is 10.5. The molecule has 1 saturated carbocycles. The van der Waals surface area contributed by atoms with Crippen molar-refractivity contribution in [3.05, 3.63) is 35.9 Å². The van der Waals surface area contributed by atoms with Gasteiger partial charge in [-0.15, -0.1) is 0 Å². The normalized spacial score (nSPS) is 37.5. The molecular weight excluding hydrogens is 420 g/mol. The van der Waals surface area contributed by atoms with E-state index in [1.165, 1.54) is 6.08 Å². The standard InChI is InChI=1S/C27H38O6/c1-17(2)7-13-21-26(4,33-21)25-24(30-6)23(18(3)15-27(25)16-31-27)32-22(28)14-10-19-8-11-20(29-5)12-9-19/h8-12,14,17-18,21,23-25H,7,13,15-16H2,1-6H3/t18?,21-,23?,24?,25?,26+,27?/m1/s1. The molecule has 6 heteroatoms. The monoisotopic (exact) mass is 458 g/mol. The Labute approximate surface area is 197 Å². The smallest absolute Gasteiger partial charge is 0.331 e. The minimum Gasteiger partial charge on any atom is -0.497 e. The fourth-order valence-corrected chi connectivity index (χ4v) is 5.72. The number of rotatable bonds is 9. The number of hydrogen-bond acceptors (Lipinski definition) is 6. The van der Waals surface area contributed by atoms with Gasteiger partial charge < -0.3 is 23.7 Å². The number of esters is 1. The maximum Gasteiger partial charge on any atom is 0.331 e. The van der Waals surface area contributed by atoms with Crippen LogP contribution in [0, 0.1) is 17.8 Å². The number of methoxy groups -OCH3 is 2. The largest absolute Gasteiger partial charge is 0.497 e. The summed E-state index contributed by atoms with van der Waals surface area (Å²) in [7, 11) is 3.33. The summed E-state index contributed by atoms with van der Waals surface area (Å²) in [6.07, 6.45) is 5.81. The van der Waals surface area contributed by atoms with Gasteiger partial charge in [0, 0.05) is 13.2 Å². The van der Waals surface area contributed by atoms with E-state index >= 15 is 0 Å². The second kappa shape index (κ2) is 9.40. The molecule has 0 N–H and O–H groups in total. The summed E-state index contributed by atoms with van der Waals surface area (Å²) in [5.74, 6) is 1.21. The zero-order chi connectivity index (χ0) is 23.8. The lowest BCUT2D eigenvalue weighted by Crippen LogP contribution is -2.58. The zero-order valence-electron chi connectivity index (χ0n) is 20.7. The summed E-state index contributed by atoms with van der Waals surface area (Å²) in [5.41, 5.74) is 0.363. The van der Waals surface area contributed by atoms with Crippen LogP contribution in [-0.4, -0.2) is 56.3 Å². The molecule has 182 valence electrons. The molecule has 33 heavy (non-hydrogen) atoms. The summed E-state index contributed by atoms with van der Waals surface area (Å²) in [6, 6.07) is 7.52. The Bertz CT molecular complexity index is 858. The van der Waals surface area contributed by atoms with E-state index in [2.05, 4.69) is 27.7 Å². The van der Waals surface area contributed by atoms with Crippen molar-refractivity contribution in [2.45, 2.75) is 76.5 Å². The molecule has 0 radical (unpaired) electrons. The molecule has 3 aliphatic rings. The van der Waals surface area contributed by atoms with Gasteiger partial charge in [-0.25, -0.2) is 4.79 Å². The van der Waals surface area contributed by atoms with Crippen molar-refractivity contribution in [1.29, 1.82) is 0 Å². The summed E-state index contributed by atoms with van der Waals surface area (Å²) >= 11 is 0. The van der Waals surface area contributed by atoms with Crippen molar-refractivity contribution in [1.82, 2.24) is 0 Å². The number of carbonyl (C=O) groups is 1. The Balaban J connectivity index is 1.46. The Morgan fingerprint density at radius 1 is 1.21 bits per heavy atom. The lowest BCUT2D eigenvalue weighted by Gasteiger charge is -2.45. The number of hydrogen-bond donors (Lipinski definition) is 0. The Morgan fingerprint density at radius 3 is 2.48 bits per heavy atom. The predicted octanol–water partition coefficient (Wildman–Crippen LogP) is 4.65. The molecule has 0 aromatic heterocycles. The third-order valence-corrected chi connectivity index (χ3v) is 7.62. The molecule has 5 unspecified atom stereocenters. The van der Waals surface area contributed by atoms with Crippen LogP contribution >= 0.6 is 0 Å². The first-order valence-electron chi connectivity index (χ1n) is 12.1. The molecule has 0 bridgehead atoms. The number of ether oxygens (including phenoxy) is 5. The highest BCUT2D eigenvalue weighted by molar-refractivity contribution is 5.87. The van der Waals surface area contributed by atoms with Gasteiger partial charge in [-0.1, -0.05) is 32.9 Å². The molecule has 2 aliphatic heterocycles. The fraction of sp³-hybridized carbons (Fsp3) is 0.667. The topological polar surface area (TPSA) is 69.8 Å². The van der Waals surface area contributed by atoms with Crippen molar-refractivity contribution in [3.63, 3.8) is 0 Å². The number of carbonyl (C=O) groups excluding carboxylic acids is 1. The first-order valence-corrected chi connectivity index (χ1v) is 12.1. The van der Waals surface area contributed by atoms with Crippen LogP contribution in [0.15, 0.2) is 30.3 Å². The summed E-state index contributed by atoms with van der Waals surface area (Å²) in [4.78, 5) is 12.8. The van der Waals surface area contributed by atoms with Crippen LogP contribution in [0.3, 0.4) is 0 Å². The van der Waals surface area contributed by atoms with Crippen LogP contribution < -0.4 is 4.74 Å². The maximum atomic E-state index is 12.8. The maximum absolute atomic E-state index is 12.8. The molecular formula is C27H38O6. The summed E-state index contributed by atoms with van der Waals surface area (Å²) in [6.45, 7) is 9.48. The second-order valence-corrected chi connectivity index (χ2v) is 10.5. The van der Waals surface area contributed by atoms with Crippen molar-refractivity contribution < 1.29 is 28.5 Å². The Kier molecular flexibility index (Phi) is 6.90. The van der Waals surface area contributed by atoms with Crippen molar-refractivity contribution in [2.24, 2.45) is 17.8 Å². The molecule has 1 aliphatic carbocycles. The van der Waals surface area contributed by atoms with Crippen LogP contribution in [0.25, 0.3) is 6.08 Å². The van der Waals surface area contributed by atoms with E-state index in [0.717, 1.165) is 37.2 Å². The van der Waals surface area contributed by atoms with Gasteiger partial charge in [0.1, 0.15) is 29.2 Å². The quantitative estimate of drug-likeness (QED) is 0.305. The van der Waals surface area contributed by atoms with E-state index in [0.29, 0.717) is 5.92 Å². The van der Waals surface area contributed by atoms with Crippen LogP contribution in [-0.2, 0) is 23.7 Å². The third kappa shape index (κ3) is 4.98. The molecule has 1 aromatic rings. The first kappa shape index (κ1) is 24.2. The van der Waals surface area contributed by atoms with E-state index in [4.69, 9.17) is 23.7 Å². The zero-order valence-corrected chi connectivity index (χ0v) is 20.7. The van der Waals surface area contributed by atoms with Crippen LogP contribution in [0.1, 0.15) is 52.5 Å². The Hall–Kier alpha value is -1.89. The van der Waals surface area contributed by atoms with Gasteiger partial charge in [0.05, 0.1) is 25.7 Å². The molecule has 3 fully saturated rings. The van der Waals surface area contributed by atoms with Gasteiger partial charge in [-0.3, -0.25) is 0 Å². The Morgan fingerprint density at radius 2 is 1.91 bits per heavy atom. The fourth-order valence-electron chi connectivity index (χ4n) is 5.72. The lowest BCUT2D eigenvalue weighted by molar-refractivity contribution is -0.176. The van der Waals surface area contributed by atoms with Gasteiger partial charge in [0.15, 0.2) is 0 Å². The molecule has 7 atom stereocenters. The highest BCUT2D eigenvalue weighted by Gasteiger charge is 2.73. The lowest BCUT2D eigenvalue weighted by atomic mass is 9.65. The molecule has 2 saturated heterocycles. The highest BCUT2D eigenvalue weighted by Crippen LogP contribution is 2.60. The summed E-state index contributed by atoms with van der Waals surface area (Å²) in [5, 5.41) is 0. The van der Waals surface area contributed by atoms with Gasteiger partial charge in [-0.2, -0.15) is 0 Å². The van der Waals surface area contributed by atoms with Gasteiger partial charge in [-0.05, 0) is 61.8 Å². The van der Waals surface area contributed by atoms with Crippen LogP contribution in [0.5, 0.6) is 5.75 Å². The predicted molar refractivity (Wildman–Crippen MR) is 126 cm³/mol. The number of benzene rings is 1. The third-order valence-electron chi connectivity index (χ3n) is 7.62. The van der Waals surface area contributed by atoms with E-state index < -0.39 is 0 Å². The summed E-state index contributed by atoms with van der Waals surface area (Å²) < 4.78 is 29.5. The minimum absolute atomic E-state index is 0.0340. The van der Waals surface area contributed by atoms with E-state index in [9.17, 15) is 4.79 Å². The van der Waals surface area contributed by atoms with Gasteiger partial charge >= 0.3 is 5.97 Å². The van der Waals surface area contributed by atoms with E-state index in [-0.39, 0.29) is 47.3 Å². The van der Waals surface area contributed by atoms with Crippen LogP contribution in [0.4, 0.5) is 0 Å². The van der Waals surface area contributed by atoms with Crippen LogP contribution in [0.2, 0.25) is 0 Å². The van der Waals surface area contributed by atoms with E-state index in [1.54, 1.807) is 20.3 Å². The molecule has 0 amide bonds. The molecule has 4 rings (SSSR count). The van der Waals surface area contributed by atoms with E-state index in [1.807, 2.05) is 24.3 Å². The van der Waals surface area contributed by atoms with Crippen molar-refractivity contribution >= 4 is 12.0 Å². The molecule has 6 nitrogen and oxygen atoms in total. The van der Waals surface area contributed by atoms with Gasteiger partial charge in [0.2, 0.25) is 0 Å². The molecule has 1 aromatic carbocycles. The molecule has 1 spiro atoms. The highest BCUT2D eigenvalue weighted by atomic mass is 16.6. The average Bonchev–Trinajstić information content (AvgIpc) is 3.70. The molecule has 2 heterocycles. The van der Waals surface area contributed by atoms with Crippen molar-refractivity contribution in [3.8, 4) is 5.75 Å². The average molecular weight is 459 g/mol. The minimum atomic E-state index is -0.366. The van der Waals surface area contributed by atoms with Gasteiger partial charge in [0.25, 0.3) is 0 Å². The van der Waals surface area contributed by atoms with Crippen molar-refractivity contribution in [2.75, 3.05) is 20.8 Å². The SMILES string of the molecule is COc1ccc(C=CC(=O)OC2C(C)CC3(CO3)C([C@@]3(C)O[C@@H]3CCC(C)C)C2OC)cc1. The first-order chi connectivity index (χ1) is 15.7. The number of epoxide rings is 2.